The summed E-state index contributed by atoms with van der Waals surface area (Å²) in [5, 5.41) is 9.81. The Labute approximate surface area is 107 Å². The molecule has 0 spiro atoms. The van der Waals surface area contributed by atoms with Crippen LogP contribution in [0.3, 0.4) is 0 Å². The Hall–Kier alpha value is -1.75. The molecule has 0 aromatic heterocycles. The van der Waals surface area contributed by atoms with Gasteiger partial charge in [-0.3, -0.25) is 0 Å². The number of esters is 1. The number of benzene rings is 1. The van der Waals surface area contributed by atoms with Gasteiger partial charge in [0.15, 0.2) is 0 Å². The van der Waals surface area contributed by atoms with Crippen LogP contribution in [0.15, 0.2) is 18.2 Å². The highest BCUT2D eigenvalue weighted by molar-refractivity contribution is 5.96. The number of hydrogen-bond donors (Lipinski definition) is 2. The summed E-state index contributed by atoms with van der Waals surface area (Å²) < 4.78 is 4.73. The fraction of sp³-hybridized carbons (Fsp3) is 0.462. The van der Waals surface area contributed by atoms with Gasteiger partial charge in [0, 0.05) is 19.3 Å². The highest BCUT2D eigenvalue weighted by atomic mass is 16.5. The average molecular weight is 252 g/mol. The summed E-state index contributed by atoms with van der Waals surface area (Å²) >= 11 is 0. The quantitative estimate of drug-likeness (QED) is 0.623. The maximum atomic E-state index is 11.7. The zero-order valence-corrected chi connectivity index (χ0v) is 11.2. The van der Waals surface area contributed by atoms with Crippen molar-refractivity contribution in [1.29, 1.82) is 0 Å². The summed E-state index contributed by atoms with van der Waals surface area (Å²) in [6, 6.07) is 5.03. The number of carbonyl (C=O) groups is 1. The molecule has 0 saturated heterocycles. The molecule has 0 aliphatic heterocycles. The third-order valence-corrected chi connectivity index (χ3v) is 2.46. The maximum Gasteiger partial charge on any atom is 0.340 e. The highest BCUT2D eigenvalue weighted by Gasteiger charge is 2.20. The number of carbonyl (C=O) groups excluding carboxylic acids is 1. The van der Waals surface area contributed by atoms with Crippen LogP contribution in [-0.4, -0.2) is 37.4 Å². The monoisotopic (exact) mass is 252 g/mol. The lowest BCUT2D eigenvalue weighted by molar-refractivity contribution is 0.0599. The number of rotatable bonds is 4. The fourth-order valence-electron chi connectivity index (χ4n) is 1.83. The highest BCUT2D eigenvalue weighted by Crippen LogP contribution is 2.24. The number of nitrogens with two attached hydrogens (primary N) is 1. The maximum absolute atomic E-state index is 11.7. The molecule has 5 heteroatoms. The first-order valence-corrected chi connectivity index (χ1v) is 5.66. The van der Waals surface area contributed by atoms with Gasteiger partial charge in [0.1, 0.15) is 0 Å². The molecule has 0 amide bonds. The van der Waals surface area contributed by atoms with Crippen molar-refractivity contribution in [2.24, 2.45) is 0 Å². The molecule has 1 aromatic carbocycles. The first-order chi connectivity index (χ1) is 8.24. The molecule has 0 heterocycles. The average Bonchev–Trinajstić information content (AvgIpc) is 2.25. The Bertz CT molecular complexity index is 438. The summed E-state index contributed by atoms with van der Waals surface area (Å²) in [7, 11) is 3.13. The van der Waals surface area contributed by atoms with Crippen molar-refractivity contribution in [3.05, 3.63) is 23.8 Å². The van der Waals surface area contributed by atoms with E-state index in [-0.39, 0.29) is 0 Å². The summed E-state index contributed by atoms with van der Waals surface area (Å²) in [4.78, 5) is 13.5. The van der Waals surface area contributed by atoms with E-state index in [2.05, 4.69) is 0 Å². The molecule has 100 valence electrons. The van der Waals surface area contributed by atoms with Gasteiger partial charge < -0.3 is 20.5 Å². The molecule has 1 rings (SSSR count). The Morgan fingerprint density at radius 1 is 1.50 bits per heavy atom. The van der Waals surface area contributed by atoms with E-state index < -0.39 is 11.6 Å². The normalized spacial score (nSPS) is 11.2. The minimum absolute atomic E-state index is 0.390. The molecule has 0 atom stereocenters. The van der Waals surface area contributed by atoms with Crippen LogP contribution in [0.25, 0.3) is 0 Å². The molecular formula is C13H20N2O3. The van der Waals surface area contributed by atoms with Crippen molar-refractivity contribution >= 4 is 17.3 Å². The molecule has 0 aliphatic rings. The predicted octanol–water partition coefficient (Wildman–Crippen LogP) is 1.26. The zero-order valence-electron chi connectivity index (χ0n) is 11.2. The number of ether oxygens (including phenoxy) is 1. The lowest BCUT2D eigenvalue weighted by atomic mass is 10.1. The van der Waals surface area contributed by atoms with E-state index in [0.29, 0.717) is 23.5 Å². The smallest absolute Gasteiger partial charge is 0.340 e. The van der Waals surface area contributed by atoms with Gasteiger partial charge in [-0.15, -0.1) is 0 Å². The molecule has 0 bridgehead atoms. The van der Waals surface area contributed by atoms with Gasteiger partial charge in [0.05, 0.1) is 24.0 Å². The van der Waals surface area contributed by atoms with Crippen LogP contribution >= 0.6 is 0 Å². The molecule has 0 fully saturated rings. The number of methoxy groups -OCH3 is 1. The van der Waals surface area contributed by atoms with Crippen molar-refractivity contribution < 1.29 is 14.6 Å². The van der Waals surface area contributed by atoms with Crippen molar-refractivity contribution in [2.75, 3.05) is 31.3 Å². The second-order valence-electron chi connectivity index (χ2n) is 4.94. The van der Waals surface area contributed by atoms with Crippen LogP contribution in [0.1, 0.15) is 24.2 Å². The summed E-state index contributed by atoms with van der Waals surface area (Å²) in [6.07, 6.45) is 0. The van der Waals surface area contributed by atoms with Gasteiger partial charge in [0.25, 0.3) is 0 Å². The first kappa shape index (κ1) is 14.3. The van der Waals surface area contributed by atoms with Crippen molar-refractivity contribution in [3.8, 4) is 0 Å². The summed E-state index contributed by atoms with van der Waals surface area (Å²) in [6.45, 7) is 3.80. The number of nitrogens with zero attached hydrogens (tertiary/aromatic N) is 1. The third kappa shape index (κ3) is 3.63. The van der Waals surface area contributed by atoms with Crippen molar-refractivity contribution in [1.82, 2.24) is 0 Å². The first-order valence-electron chi connectivity index (χ1n) is 5.66. The minimum atomic E-state index is -0.858. The Morgan fingerprint density at radius 2 is 2.11 bits per heavy atom. The molecule has 18 heavy (non-hydrogen) atoms. The van der Waals surface area contributed by atoms with E-state index in [1.54, 1.807) is 44.0 Å². The van der Waals surface area contributed by atoms with Crippen molar-refractivity contribution in [2.45, 2.75) is 19.4 Å². The lowest BCUT2D eigenvalue weighted by Gasteiger charge is -2.28. The fourth-order valence-corrected chi connectivity index (χ4v) is 1.83. The van der Waals surface area contributed by atoms with Crippen LogP contribution in [0.2, 0.25) is 0 Å². The number of hydrogen-bond acceptors (Lipinski definition) is 5. The Balaban J connectivity index is 3.11. The third-order valence-electron chi connectivity index (χ3n) is 2.46. The van der Waals surface area contributed by atoms with E-state index in [9.17, 15) is 9.90 Å². The van der Waals surface area contributed by atoms with E-state index in [0.717, 1.165) is 0 Å². The molecule has 0 radical (unpaired) electrons. The molecule has 3 N–H and O–H groups in total. The van der Waals surface area contributed by atoms with E-state index in [1.807, 2.05) is 0 Å². The minimum Gasteiger partial charge on any atom is -0.465 e. The molecule has 0 saturated carbocycles. The topological polar surface area (TPSA) is 75.8 Å². The van der Waals surface area contributed by atoms with E-state index >= 15 is 0 Å². The van der Waals surface area contributed by atoms with Gasteiger partial charge in [-0.2, -0.15) is 0 Å². The van der Waals surface area contributed by atoms with Crippen LogP contribution in [0.5, 0.6) is 0 Å². The lowest BCUT2D eigenvalue weighted by Crippen LogP contribution is -2.37. The molecule has 1 aromatic rings. The molecule has 5 nitrogen and oxygen atoms in total. The summed E-state index contributed by atoms with van der Waals surface area (Å²) in [5.74, 6) is -0.445. The van der Waals surface area contributed by atoms with Crippen LogP contribution < -0.4 is 10.6 Å². The number of nitrogen functional groups attached to an aromatic ring is 1. The van der Waals surface area contributed by atoms with Crippen LogP contribution in [0, 0.1) is 0 Å². The van der Waals surface area contributed by atoms with E-state index in [1.165, 1.54) is 7.11 Å². The Kier molecular flexibility index (Phi) is 4.19. The van der Waals surface area contributed by atoms with Gasteiger partial charge >= 0.3 is 5.97 Å². The summed E-state index contributed by atoms with van der Waals surface area (Å²) in [5.41, 5.74) is 6.38. The van der Waals surface area contributed by atoms with Gasteiger partial charge in [0.2, 0.25) is 0 Å². The van der Waals surface area contributed by atoms with Gasteiger partial charge in [-0.1, -0.05) is 0 Å². The standard InChI is InChI=1S/C13H20N2O3/c1-13(2,17)8-15(3)11-6-5-9(14)7-10(11)12(16)18-4/h5-7,17H,8,14H2,1-4H3. The van der Waals surface area contributed by atoms with Gasteiger partial charge in [-0.25, -0.2) is 4.79 Å². The second-order valence-corrected chi connectivity index (χ2v) is 4.94. The van der Waals surface area contributed by atoms with Crippen molar-refractivity contribution in [3.63, 3.8) is 0 Å². The SMILES string of the molecule is COC(=O)c1cc(N)ccc1N(C)CC(C)(C)O. The number of aliphatic hydroxyl groups is 1. The predicted molar refractivity (Wildman–Crippen MR) is 71.8 cm³/mol. The zero-order chi connectivity index (χ0) is 13.9. The number of likely N-dealkylation sites (N-methyl/N-ethyl adjacent to an activating group) is 1. The van der Waals surface area contributed by atoms with Crippen LogP contribution in [-0.2, 0) is 4.74 Å². The van der Waals surface area contributed by atoms with E-state index in [4.69, 9.17) is 10.5 Å². The van der Waals surface area contributed by atoms with Gasteiger partial charge in [-0.05, 0) is 32.0 Å². The Morgan fingerprint density at radius 3 is 2.61 bits per heavy atom. The largest absolute Gasteiger partial charge is 0.465 e. The molecular weight excluding hydrogens is 232 g/mol. The second kappa shape index (κ2) is 5.27. The molecule has 0 unspecified atom stereocenters. The number of anilines is 2. The van der Waals surface area contributed by atoms with Crippen LogP contribution in [0.4, 0.5) is 11.4 Å². The molecule has 0 aliphatic carbocycles.